The normalized spacial score (nSPS) is 10.3. The van der Waals surface area contributed by atoms with Crippen LogP contribution < -0.4 is 16.0 Å². The van der Waals surface area contributed by atoms with Gasteiger partial charge < -0.3 is 16.0 Å². The molecule has 0 aliphatic carbocycles. The number of nitrogens with one attached hydrogen (secondary N) is 1. The average Bonchev–Trinajstić information content (AvgIpc) is 2.37. The van der Waals surface area contributed by atoms with E-state index in [2.05, 4.69) is 20.3 Å². The molecule has 100 valence electrons. The Bertz CT molecular complexity index is 572. The van der Waals surface area contributed by atoms with E-state index in [0.29, 0.717) is 23.5 Å². The van der Waals surface area contributed by atoms with Crippen LogP contribution in [0.5, 0.6) is 0 Å². The van der Waals surface area contributed by atoms with E-state index in [0.717, 1.165) is 5.56 Å². The van der Waals surface area contributed by atoms with Gasteiger partial charge in [-0.1, -0.05) is 29.8 Å². The molecule has 0 amide bonds. The quantitative estimate of drug-likeness (QED) is 0.887. The van der Waals surface area contributed by atoms with Crippen LogP contribution >= 0.6 is 11.6 Å². The molecule has 0 bridgehead atoms. The minimum atomic E-state index is 0.181. The Labute approximate surface area is 116 Å². The molecule has 19 heavy (non-hydrogen) atoms. The largest absolute Gasteiger partial charge is 0.368 e. The molecule has 0 saturated heterocycles. The van der Waals surface area contributed by atoms with E-state index < -0.39 is 0 Å². The molecular formula is C12H15ClN6. The summed E-state index contributed by atoms with van der Waals surface area (Å²) in [7, 11) is 3.68. The second kappa shape index (κ2) is 5.71. The lowest BCUT2D eigenvalue weighted by Gasteiger charge is -2.12. The number of anilines is 3. The lowest BCUT2D eigenvalue weighted by Crippen LogP contribution is -2.16. The first-order valence-electron chi connectivity index (χ1n) is 5.72. The summed E-state index contributed by atoms with van der Waals surface area (Å²) in [5.41, 5.74) is 6.61. The zero-order chi connectivity index (χ0) is 13.8. The lowest BCUT2D eigenvalue weighted by molar-refractivity contribution is 0.950. The van der Waals surface area contributed by atoms with Gasteiger partial charge in [0.25, 0.3) is 0 Å². The van der Waals surface area contributed by atoms with Gasteiger partial charge in [-0.2, -0.15) is 15.0 Å². The maximum Gasteiger partial charge on any atom is 0.231 e. The topological polar surface area (TPSA) is 80.0 Å². The molecule has 0 spiro atoms. The Morgan fingerprint density at radius 2 is 1.95 bits per heavy atom. The fourth-order valence-electron chi connectivity index (χ4n) is 1.48. The number of nitrogen functional groups attached to an aromatic ring is 1. The van der Waals surface area contributed by atoms with E-state index >= 15 is 0 Å². The molecule has 1 aromatic heterocycles. The van der Waals surface area contributed by atoms with Crippen molar-refractivity contribution in [3.63, 3.8) is 0 Å². The highest BCUT2D eigenvalue weighted by molar-refractivity contribution is 6.31. The minimum absolute atomic E-state index is 0.181. The molecule has 0 fully saturated rings. The van der Waals surface area contributed by atoms with Gasteiger partial charge in [0.05, 0.1) is 0 Å². The third-order valence-electron chi connectivity index (χ3n) is 2.44. The molecule has 3 N–H and O–H groups in total. The van der Waals surface area contributed by atoms with Crippen molar-refractivity contribution in [3.05, 3.63) is 34.9 Å². The predicted octanol–water partition coefficient (Wildman–Crippen LogP) is 1.79. The van der Waals surface area contributed by atoms with Crippen molar-refractivity contribution >= 4 is 29.4 Å². The summed E-state index contributed by atoms with van der Waals surface area (Å²) in [6.45, 7) is 0.524. The van der Waals surface area contributed by atoms with Crippen LogP contribution in [-0.4, -0.2) is 29.0 Å². The van der Waals surface area contributed by atoms with Gasteiger partial charge in [-0.3, -0.25) is 0 Å². The molecule has 1 heterocycles. The summed E-state index contributed by atoms with van der Waals surface area (Å²) in [4.78, 5) is 14.1. The van der Waals surface area contributed by atoms with E-state index in [1.165, 1.54) is 0 Å². The number of hydrogen-bond acceptors (Lipinski definition) is 6. The molecule has 6 nitrogen and oxygen atoms in total. The lowest BCUT2D eigenvalue weighted by atomic mass is 10.2. The van der Waals surface area contributed by atoms with Crippen molar-refractivity contribution in [2.24, 2.45) is 0 Å². The highest BCUT2D eigenvalue weighted by atomic mass is 35.5. The molecule has 1 aromatic carbocycles. The Hall–Kier alpha value is -2.08. The predicted molar refractivity (Wildman–Crippen MR) is 77.3 cm³/mol. The van der Waals surface area contributed by atoms with Gasteiger partial charge in [0.1, 0.15) is 0 Å². The van der Waals surface area contributed by atoms with Gasteiger partial charge in [0, 0.05) is 25.7 Å². The Balaban J connectivity index is 2.14. The maximum absolute atomic E-state index is 6.08. The first-order chi connectivity index (χ1) is 9.06. The molecule has 0 atom stereocenters. The molecule has 2 rings (SSSR count). The number of nitrogens with zero attached hydrogens (tertiary/aromatic N) is 4. The Morgan fingerprint density at radius 1 is 1.21 bits per heavy atom. The third-order valence-corrected chi connectivity index (χ3v) is 2.80. The smallest absolute Gasteiger partial charge is 0.231 e. The van der Waals surface area contributed by atoms with Crippen LogP contribution in [-0.2, 0) is 6.54 Å². The molecular weight excluding hydrogens is 264 g/mol. The highest BCUT2D eigenvalue weighted by Crippen LogP contribution is 2.16. The van der Waals surface area contributed by atoms with Gasteiger partial charge in [-0.25, -0.2) is 0 Å². The Morgan fingerprint density at radius 3 is 2.63 bits per heavy atom. The molecule has 0 aliphatic heterocycles. The highest BCUT2D eigenvalue weighted by Gasteiger charge is 2.06. The van der Waals surface area contributed by atoms with Crippen LogP contribution in [0, 0.1) is 0 Å². The van der Waals surface area contributed by atoms with Crippen molar-refractivity contribution in [1.82, 2.24) is 15.0 Å². The molecule has 0 radical (unpaired) electrons. The first kappa shape index (κ1) is 13.4. The van der Waals surface area contributed by atoms with Crippen LogP contribution in [0.1, 0.15) is 5.56 Å². The van der Waals surface area contributed by atoms with Crippen LogP contribution in [0.4, 0.5) is 17.8 Å². The number of benzene rings is 1. The monoisotopic (exact) mass is 278 g/mol. The Kier molecular flexibility index (Phi) is 4.01. The summed E-state index contributed by atoms with van der Waals surface area (Å²) in [5.74, 6) is 1.12. The summed E-state index contributed by atoms with van der Waals surface area (Å²) >= 11 is 6.08. The minimum Gasteiger partial charge on any atom is -0.368 e. The van der Waals surface area contributed by atoms with Crippen molar-refractivity contribution in [2.75, 3.05) is 30.0 Å². The molecule has 0 saturated carbocycles. The number of aromatic nitrogens is 3. The maximum atomic E-state index is 6.08. The van der Waals surface area contributed by atoms with Crippen LogP contribution in [0.15, 0.2) is 24.3 Å². The van der Waals surface area contributed by atoms with Gasteiger partial charge in [-0.05, 0) is 11.6 Å². The number of nitrogens with two attached hydrogens (primary N) is 1. The molecule has 0 aliphatic rings. The van der Waals surface area contributed by atoms with Gasteiger partial charge >= 0.3 is 0 Å². The summed E-state index contributed by atoms with van der Waals surface area (Å²) < 4.78 is 0. The van der Waals surface area contributed by atoms with Crippen LogP contribution in [0.25, 0.3) is 0 Å². The molecule has 7 heteroatoms. The zero-order valence-electron chi connectivity index (χ0n) is 10.8. The summed E-state index contributed by atoms with van der Waals surface area (Å²) in [6, 6.07) is 7.59. The number of halogens is 1. The van der Waals surface area contributed by atoms with Crippen molar-refractivity contribution < 1.29 is 0 Å². The third kappa shape index (κ3) is 3.45. The second-order valence-electron chi connectivity index (χ2n) is 4.16. The molecule has 0 unspecified atom stereocenters. The SMILES string of the molecule is CN(C)c1nc(N)nc(NCc2ccccc2Cl)n1. The van der Waals surface area contributed by atoms with E-state index in [9.17, 15) is 0 Å². The van der Waals surface area contributed by atoms with E-state index in [4.69, 9.17) is 17.3 Å². The van der Waals surface area contributed by atoms with Crippen LogP contribution in [0.2, 0.25) is 5.02 Å². The second-order valence-corrected chi connectivity index (χ2v) is 4.56. The standard InChI is InChI=1S/C12H15ClN6/c1-19(2)12-17-10(14)16-11(18-12)15-7-8-5-3-4-6-9(8)13/h3-6H,7H2,1-2H3,(H3,14,15,16,17,18). The zero-order valence-corrected chi connectivity index (χ0v) is 11.5. The van der Waals surface area contributed by atoms with Crippen molar-refractivity contribution in [1.29, 1.82) is 0 Å². The van der Waals surface area contributed by atoms with E-state index in [-0.39, 0.29) is 5.95 Å². The van der Waals surface area contributed by atoms with E-state index in [1.807, 2.05) is 38.4 Å². The molecule has 2 aromatic rings. The van der Waals surface area contributed by atoms with Crippen molar-refractivity contribution in [2.45, 2.75) is 6.54 Å². The average molecular weight is 279 g/mol. The van der Waals surface area contributed by atoms with E-state index in [1.54, 1.807) is 4.90 Å². The van der Waals surface area contributed by atoms with Crippen LogP contribution in [0.3, 0.4) is 0 Å². The fraction of sp³-hybridized carbons (Fsp3) is 0.250. The van der Waals surface area contributed by atoms with Gasteiger partial charge in [0.2, 0.25) is 17.8 Å². The number of hydrogen-bond donors (Lipinski definition) is 2. The van der Waals surface area contributed by atoms with Crippen molar-refractivity contribution in [3.8, 4) is 0 Å². The first-order valence-corrected chi connectivity index (χ1v) is 6.10. The van der Waals surface area contributed by atoms with Gasteiger partial charge in [-0.15, -0.1) is 0 Å². The summed E-state index contributed by atoms with van der Waals surface area (Å²) in [5, 5.41) is 3.78. The fourth-order valence-corrected chi connectivity index (χ4v) is 1.68. The van der Waals surface area contributed by atoms with Gasteiger partial charge in [0.15, 0.2) is 0 Å². The summed E-state index contributed by atoms with van der Waals surface area (Å²) in [6.07, 6.45) is 0. The number of rotatable bonds is 4.